The van der Waals surface area contributed by atoms with E-state index in [9.17, 15) is 14.4 Å². The molecule has 260 valence electrons. The van der Waals surface area contributed by atoms with Crippen LogP contribution in [0.15, 0.2) is 36.4 Å². The number of ether oxygens (including phenoxy) is 12. The summed E-state index contributed by atoms with van der Waals surface area (Å²) in [5.74, 6) is -1.10. The van der Waals surface area contributed by atoms with Gasteiger partial charge in [0.05, 0.1) is 64.0 Å². The summed E-state index contributed by atoms with van der Waals surface area (Å²) in [6, 6.07) is 8.79. The molecule has 3 rings (SSSR count). The number of esters is 3. The van der Waals surface area contributed by atoms with E-state index in [1.54, 1.807) is 0 Å². The fourth-order valence-corrected chi connectivity index (χ4v) is 4.43. The minimum atomic E-state index is -1.35. The Bertz CT molecular complexity index is 1450. The molecule has 0 N–H and O–H groups in total. The third kappa shape index (κ3) is 8.34. The number of carbonyl (C=O) groups is 3. The number of hydrogen-bond acceptors (Lipinski definition) is 15. The number of methoxy groups -OCH3 is 9. The molecule has 0 aliphatic rings. The summed E-state index contributed by atoms with van der Waals surface area (Å²) in [5.41, 5.74) is -0.219. The van der Waals surface area contributed by atoms with Gasteiger partial charge in [-0.15, -0.1) is 0 Å². The zero-order chi connectivity index (χ0) is 35.4. The summed E-state index contributed by atoms with van der Waals surface area (Å²) in [5, 5.41) is 0. The molecular formula is C33H38O15. The molecule has 0 spiro atoms. The van der Waals surface area contributed by atoms with Gasteiger partial charge in [0.15, 0.2) is 6.10 Å². The quantitative estimate of drug-likeness (QED) is 0.149. The Morgan fingerprint density at radius 1 is 0.417 bits per heavy atom. The summed E-state index contributed by atoms with van der Waals surface area (Å²) in [6.45, 7) is -1.15. The highest BCUT2D eigenvalue weighted by molar-refractivity contribution is 5.98. The second-order valence-corrected chi connectivity index (χ2v) is 9.44. The molecule has 0 aliphatic carbocycles. The van der Waals surface area contributed by atoms with Crippen LogP contribution < -0.4 is 42.6 Å². The molecule has 0 fully saturated rings. The van der Waals surface area contributed by atoms with E-state index < -0.39 is 37.2 Å². The van der Waals surface area contributed by atoms with Gasteiger partial charge in [0.1, 0.15) is 81.6 Å². The van der Waals surface area contributed by atoms with Gasteiger partial charge >= 0.3 is 17.9 Å². The van der Waals surface area contributed by atoms with Crippen molar-refractivity contribution in [2.45, 2.75) is 6.10 Å². The minimum Gasteiger partial charge on any atom is -0.496 e. The van der Waals surface area contributed by atoms with E-state index in [2.05, 4.69) is 0 Å². The highest BCUT2D eigenvalue weighted by atomic mass is 16.6. The van der Waals surface area contributed by atoms with Gasteiger partial charge in [-0.2, -0.15) is 0 Å². The predicted molar refractivity (Wildman–Crippen MR) is 168 cm³/mol. The summed E-state index contributed by atoms with van der Waals surface area (Å²) in [7, 11) is 12.4. The summed E-state index contributed by atoms with van der Waals surface area (Å²) in [4.78, 5) is 40.3. The number of rotatable bonds is 17. The molecule has 0 radical (unpaired) electrons. The van der Waals surface area contributed by atoms with Crippen molar-refractivity contribution in [2.75, 3.05) is 77.2 Å². The fourth-order valence-electron chi connectivity index (χ4n) is 4.43. The van der Waals surface area contributed by atoms with Crippen molar-refractivity contribution in [3.63, 3.8) is 0 Å². The van der Waals surface area contributed by atoms with Crippen molar-refractivity contribution in [1.82, 2.24) is 0 Å². The molecule has 0 bridgehead atoms. The topological polar surface area (TPSA) is 162 Å². The van der Waals surface area contributed by atoms with Crippen LogP contribution in [-0.2, 0) is 14.2 Å². The zero-order valence-corrected chi connectivity index (χ0v) is 28.1. The van der Waals surface area contributed by atoms with Crippen LogP contribution in [0.5, 0.6) is 51.7 Å². The Kier molecular flexibility index (Phi) is 13.2. The predicted octanol–water partition coefficient (Wildman–Crippen LogP) is 4.00. The molecule has 0 atom stereocenters. The molecule has 15 heteroatoms. The van der Waals surface area contributed by atoms with Crippen molar-refractivity contribution in [3.8, 4) is 51.7 Å². The third-order valence-electron chi connectivity index (χ3n) is 6.83. The van der Waals surface area contributed by atoms with Crippen LogP contribution in [-0.4, -0.2) is 101 Å². The molecule has 0 saturated heterocycles. The molecular weight excluding hydrogens is 636 g/mol. The van der Waals surface area contributed by atoms with Crippen molar-refractivity contribution in [3.05, 3.63) is 53.1 Å². The van der Waals surface area contributed by atoms with Gasteiger partial charge in [-0.3, -0.25) is 0 Å². The van der Waals surface area contributed by atoms with E-state index in [1.807, 2.05) is 0 Å². The summed E-state index contributed by atoms with van der Waals surface area (Å²) < 4.78 is 64.7. The monoisotopic (exact) mass is 674 g/mol. The van der Waals surface area contributed by atoms with Crippen LogP contribution in [0.2, 0.25) is 0 Å². The lowest BCUT2D eigenvalue weighted by Crippen LogP contribution is -2.31. The van der Waals surface area contributed by atoms with Gasteiger partial charge in [-0.05, 0) is 0 Å². The van der Waals surface area contributed by atoms with E-state index in [0.717, 1.165) is 0 Å². The molecule has 0 unspecified atom stereocenters. The van der Waals surface area contributed by atoms with E-state index in [1.165, 1.54) is 100 Å². The lowest BCUT2D eigenvalue weighted by Gasteiger charge is -2.21. The molecule has 0 saturated carbocycles. The first-order valence-corrected chi connectivity index (χ1v) is 14.1. The Morgan fingerprint density at radius 3 is 0.896 bits per heavy atom. The van der Waals surface area contributed by atoms with Crippen LogP contribution >= 0.6 is 0 Å². The lowest BCUT2D eigenvalue weighted by atomic mass is 10.1. The zero-order valence-electron chi connectivity index (χ0n) is 28.1. The maximum Gasteiger partial charge on any atom is 0.346 e. The van der Waals surface area contributed by atoms with E-state index in [-0.39, 0.29) is 51.2 Å². The minimum absolute atomic E-state index is 0.0610. The average Bonchev–Trinajstić information content (AvgIpc) is 3.13. The maximum atomic E-state index is 13.6. The largest absolute Gasteiger partial charge is 0.496 e. The molecule has 15 nitrogen and oxygen atoms in total. The highest BCUT2D eigenvalue weighted by Gasteiger charge is 2.30. The third-order valence-corrected chi connectivity index (χ3v) is 6.83. The first kappa shape index (κ1) is 36.7. The average molecular weight is 675 g/mol. The summed E-state index contributed by atoms with van der Waals surface area (Å²) in [6.07, 6.45) is -1.35. The van der Waals surface area contributed by atoms with Crippen LogP contribution in [0, 0.1) is 0 Å². The number of benzene rings is 3. The van der Waals surface area contributed by atoms with E-state index in [4.69, 9.17) is 56.8 Å². The maximum absolute atomic E-state index is 13.6. The van der Waals surface area contributed by atoms with Crippen LogP contribution in [0.3, 0.4) is 0 Å². The summed E-state index contributed by atoms with van der Waals surface area (Å²) >= 11 is 0. The number of hydrogen-bond donors (Lipinski definition) is 0. The molecule has 3 aromatic carbocycles. The molecule has 3 aromatic rings. The van der Waals surface area contributed by atoms with Gasteiger partial charge in [0.25, 0.3) is 0 Å². The fraction of sp³-hybridized carbons (Fsp3) is 0.364. The Labute approximate surface area is 277 Å². The first-order valence-electron chi connectivity index (χ1n) is 14.1. The van der Waals surface area contributed by atoms with Crippen molar-refractivity contribution in [2.24, 2.45) is 0 Å². The lowest BCUT2D eigenvalue weighted by molar-refractivity contribution is -0.0259. The normalized spacial score (nSPS) is 10.4. The van der Waals surface area contributed by atoms with Crippen molar-refractivity contribution >= 4 is 17.9 Å². The Hall–Kier alpha value is -5.73. The smallest absolute Gasteiger partial charge is 0.346 e. The van der Waals surface area contributed by atoms with E-state index >= 15 is 0 Å². The number of carbonyl (C=O) groups excluding carboxylic acids is 3. The second-order valence-electron chi connectivity index (χ2n) is 9.44. The van der Waals surface area contributed by atoms with Gasteiger partial charge in [-0.1, -0.05) is 0 Å². The molecule has 0 heterocycles. The van der Waals surface area contributed by atoms with Crippen LogP contribution in [0.4, 0.5) is 0 Å². The van der Waals surface area contributed by atoms with Gasteiger partial charge in [-0.25, -0.2) is 14.4 Å². The van der Waals surface area contributed by atoms with Gasteiger partial charge < -0.3 is 56.8 Å². The van der Waals surface area contributed by atoms with Crippen LogP contribution in [0.1, 0.15) is 31.1 Å². The van der Waals surface area contributed by atoms with E-state index in [0.29, 0.717) is 17.2 Å². The Balaban J connectivity index is 1.96. The highest BCUT2D eigenvalue weighted by Crippen LogP contribution is 2.37. The molecule has 0 aliphatic heterocycles. The molecule has 48 heavy (non-hydrogen) atoms. The molecule has 0 amide bonds. The van der Waals surface area contributed by atoms with Gasteiger partial charge in [0.2, 0.25) is 0 Å². The standard InChI is InChI=1S/C33H38O15/c1-37-18-10-22(40-4)28(23(11-18)41-5)31(34)46-16-21(48-33(36)30-26(44-8)14-20(39-3)15-27(30)45-9)17-47-32(35)29-24(42-6)12-19(38-2)13-25(29)43-7/h10-15,21H,16-17H2,1-9H3. The Morgan fingerprint density at radius 2 is 0.667 bits per heavy atom. The first-order chi connectivity index (χ1) is 23.1. The van der Waals surface area contributed by atoms with Gasteiger partial charge in [0, 0.05) is 36.4 Å². The molecule has 0 aromatic heterocycles. The van der Waals surface area contributed by atoms with Crippen LogP contribution in [0.25, 0.3) is 0 Å². The van der Waals surface area contributed by atoms with Crippen molar-refractivity contribution in [1.29, 1.82) is 0 Å². The SMILES string of the molecule is COc1cc(OC)c(C(=O)OCC(COC(=O)c2c(OC)cc(OC)cc2OC)OC(=O)c2c(OC)cc(OC)cc2OC)c(OC)c1. The van der Waals surface area contributed by atoms with Crippen molar-refractivity contribution < 1.29 is 71.2 Å². The second kappa shape index (κ2) is 17.3.